The zero-order valence-electron chi connectivity index (χ0n) is 6.66. The highest BCUT2D eigenvalue weighted by Gasteiger charge is 2.48. The molecule has 0 spiro atoms. The van der Waals surface area contributed by atoms with Crippen molar-refractivity contribution >= 4 is 5.78 Å². The Morgan fingerprint density at radius 1 is 1.42 bits per heavy atom. The standard InChI is InChI=1S/C9H10O3/c10-8-5-1-2-6(3-5)9-7(8)4-11-12-9/h4-6,9H,1-3H2. The van der Waals surface area contributed by atoms with E-state index < -0.39 is 0 Å². The number of fused-ring (bicyclic) bond motifs is 4. The predicted octanol–water partition coefficient (Wildman–Crippen LogP) is 1.20. The number of Topliss-reactive ketones (excluding diaryl/α,β-unsaturated/α-hetero) is 1. The molecule has 2 fully saturated rings. The van der Waals surface area contributed by atoms with Gasteiger partial charge in [0, 0.05) is 5.92 Å². The highest BCUT2D eigenvalue weighted by atomic mass is 17.2. The number of hydrogen-bond donors (Lipinski definition) is 0. The quantitative estimate of drug-likeness (QED) is 0.507. The van der Waals surface area contributed by atoms with E-state index in [0.717, 1.165) is 24.8 Å². The van der Waals surface area contributed by atoms with Crippen LogP contribution >= 0.6 is 0 Å². The van der Waals surface area contributed by atoms with Gasteiger partial charge in [-0.05, 0) is 25.2 Å². The van der Waals surface area contributed by atoms with Crippen LogP contribution in [0.3, 0.4) is 0 Å². The zero-order chi connectivity index (χ0) is 8.13. The van der Waals surface area contributed by atoms with Gasteiger partial charge in [0.15, 0.2) is 5.78 Å². The maximum Gasteiger partial charge on any atom is 0.167 e. The molecule has 3 rings (SSSR count). The second-order valence-electron chi connectivity index (χ2n) is 3.82. The molecule has 1 heterocycles. The molecule has 3 nitrogen and oxygen atoms in total. The van der Waals surface area contributed by atoms with E-state index in [1.807, 2.05) is 0 Å². The van der Waals surface area contributed by atoms with Gasteiger partial charge in [-0.15, -0.1) is 0 Å². The molecule has 0 amide bonds. The summed E-state index contributed by atoms with van der Waals surface area (Å²) in [4.78, 5) is 21.4. The molecule has 2 saturated carbocycles. The third-order valence-corrected chi connectivity index (χ3v) is 3.20. The van der Waals surface area contributed by atoms with E-state index in [-0.39, 0.29) is 17.8 Å². The van der Waals surface area contributed by atoms with Crippen LogP contribution in [0.1, 0.15) is 19.3 Å². The van der Waals surface area contributed by atoms with E-state index in [9.17, 15) is 4.79 Å². The molecule has 3 unspecified atom stereocenters. The Hall–Kier alpha value is -0.830. The number of hydrogen-bond acceptors (Lipinski definition) is 3. The summed E-state index contributed by atoms with van der Waals surface area (Å²) in [5.41, 5.74) is 0.772. The fourth-order valence-electron chi connectivity index (χ4n) is 2.55. The van der Waals surface area contributed by atoms with Crippen molar-refractivity contribution in [1.29, 1.82) is 0 Å². The van der Waals surface area contributed by atoms with Gasteiger partial charge in [0.1, 0.15) is 12.4 Å². The largest absolute Gasteiger partial charge is 0.344 e. The van der Waals surface area contributed by atoms with Crippen LogP contribution in [0.15, 0.2) is 11.8 Å². The maximum atomic E-state index is 11.6. The molecule has 2 aliphatic carbocycles. The van der Waals surface area contributed by atoms with Gasteiger partial charge in [0.05, 0.1) is 5.57 Å². The van der Waals surface area contributed by atoms with Gasteiger partial charge < -0.3 is 4.89 Å². The van der Waals surface area contributed by atoms with Crippen LogP contribution in [-0.4, -0.2) is 11.9 Å². The van der Waals surface area contributed by atoms with E-state index in [0.29, 0.717) is 5.92 Å². The van der Waals surface area contributed by atoms with Crippen LogP contribution in [0.5, 0.6) is 0 Å². The summed E-state index contributed by atoms with van der Waals surface area (Å²) in [6.45, 7) is 0. The average Bonchev–Trinajstić information content (AvgIpc) is 2.69. The molecule has 0 aromatic heterocycles. The lowest BCUT2D eigenvalue weighted by Gasteiger charge is -2.23. The van der Waals surface area contributed by atoms with Crippen molar-refractivity contribution < 1.29 is 14.6 Å². The zero-order valence-corrected chi connectivity index (χ0v) is 6.66. The van der Waals surface area contributed by atoms with Crippen LogP contribution in [0.2, 0.25) is 0 Å². The van der Waals surface area contributed by atoms with Crippen molar-refractivity contribution in [1.82, 2.24) is 0 Å². The molecule has 0 radical (unpaired) electrons. The summed E-state index contributed by atoms with van der Waals surface area (Å²) in [6.07, 6.45) is 4.60. The van der Waals surface area contributed by atoms with Crippen molar-refractivity contribution in [2.75, 3.05) is 0 Å². The number of ketones is 1. The first kappa shape index (κ1) is 6.66. The first-order valence-electron chi connectivity index (χ1n) is 4.42. The minimum Gasteiger partial charge on any atom is -0.344 e. The van der Waals surface area contributed by atoms with Crippen LogP contribution in [-0.2, 0) is 14.6 Å². The lowest BCUT2D eigenvalue weighted by atomic mass is 9.82. The second-order valence-corrected chi connectivity index (χ2v) is 3.82. The third kappa shape index (κ3) is 0.672. The van der Waals surface area contributed by atoms with Crippen LogP contribution in [0.4, 0.5) is 0 Å². The summed E-state index contributed by atoms with van der Waals surface area (Å²) < 4.78 is 0. The minimum absolute atomic E-state index is 0.0451. The smallest absolute Gasteiger partial charge is 0.167 e. The Morgan fingerprint density at radius 2 is 2.33 bits per heavy atom. The fourth-order valence-corrected chi connectivity index (χ4v) is 2.55. The molecule has 1 aliphatic heterocycles. The normalized spacial score (nSPS) is 43.8. The Morgan fingerprint density at radius 3 is 3.25 bits per heavy atom. The number of carbonyl (C=O) groups is 1. The molecule has 0 N–H and O–H groups in total. The van der Waals surface area contributed by atoms with Gasteiger partial charge in [-0.3, -0.25) is 4.79 Å². The van der Waals surface area contributed by atoms with E-state index >= 15 is 0 Å². The molecule has 0 aromatic rings. The topological polar surface area (TPSA) is 35.5 Å². The summed E-state index contributed by atoms with van der Waals surface area (Å²) in [5, 5.41) is 0. The van der Waals surface area contributed by atoms with Crippen molar-refractivity contribution in [3.05, 3.63) is 11.8 Å². The molecule has 0 saturated heterocycles. The fraction of sp³-hybridized carbons (Fsp3) is 0.667. The number of carbonyl (C=O) groups excluding carboxylic acids is 1. The van der Waals surface area contributed by atoms with Gasteiger partial charge in [0.2, 0.25) is 0 Å². The average molecular weight is 166 g/mol. The molecule has 3 atom stereocenters. The lowest BCUT2D eigenvalue weighted by molar-refractivity contribution is -0.263. The molecule has 0 aromatic carbocycles. The molecule has 64 valence electrons. The molecular formula is C9H10O3. The minimum atomic E-state index is -0.0451. The van der Waals surface area contributed by atoms with Crippen LogP contribution < -0.4 is 0 Å². The van der Waals surface area contributed by atoms with Crippen LogP contribution in [0, 0.1) is 11.8 Å². The van der Waals surface area contributed by atoms with Gasteiger partial charge in [-0.1, -0.05) is 0 Å². The van der Waals surface area contributed by atoms with Crippen LogP contribution in [0.25, 0.3) is 0 Å². The molecular weight excluding hydrogens is 156 g/mol. The molecule has 3 aliphatic rings. The molecule has 3 heteroatoms. The third-order valence-electron chi connectivity index (χ3n) is 3.20. The Bertz CT molecular complexity index is 269. The first-order valence-corrected chi connectivity index (χ1v) is 4.42. The summed E-state index contributed by atoms with van der Waals surface area (Å²) in [5.74, 6) is 1.05. The summed E-state index contributed by atoms with van der Waals surface area (Å²) in [7, 11) is 0. The highest BCUT2D eigenvalue weighted by molar-refractivity contribution is 5.99. The lowest BCUT2D eigenvalue weighted by Crippen LogP contribution is -2.31. The van der Waals surface area contributed by atoms with Crippen molar-refractivity contribution in [3.8, 4) is 0 Å². The molecule has 12 heavy (non-hydrogen) atoms. The summed E-state index contributed by atoms with van der Waals surface area (Å²) in [6, 6.07) is 0. The number of rotatable bonds is 0. The SMILES string of the molecule is O=C1C2=COOC2C2CCC1C2. The van der Waals surface area contributed by atoms with Crippen molar-refractivity contribution in [3.63, 3.8) is 0 Å². The van der Waals surface area contributed by atoms with E-state index in [2.05, 4.69) is 0 Å². The predicted molar refractivity (Wildman–Crippen MR) is 39.9 cm³/mol. The van der Waals surface area contributed by atoms with Gasteiger partial charge >= 0.3 is 0 Å². The van der Waals surface area contributed by atoms with E-state index in [1.54, 1.807) is 0 Å². The van der Waals surface area contributed by atoms with E-state index in [1.165, 1.54) is 6.26 Å². The van der Waals surface area contributed by atoms with Gasteiger partial charge in [-0.2, -0.15) is 4.89 Å². The Kier molecular flexibility index (Phi) is 1.17. The van der Waals surface area contributed by atoms with E-state index in [4.69, 9.17) is 9.78 Å². The first-order chi connectivity index (χ1) is 5.86. The van der Waals surface area contributed by atoms with Crippen molar-refractivity contribution in [2.24, 2.45) is 11.8 Å². The summed E-state index contributed by atoms with van der Waals surface area (Å²) >= 11 is 0. The Labute approximate surface area is 70.3 Å². The van der Waals surface area contributed by atoms with Gasteiger partial charge in [0.25, 0.3) is 0 Å². The van der Waals surface area contributed by atoms with Gasteiger partial charge in [-0.25, -0.2) is 0 Å². The van der Waals surface area contributed by atoms with Crippen molar-refractivity contribution in [2.45, 2.75) is 25.4 Å². The molecule has 2 bridgehead atoms. The highest BCUT2D eigenvalue weighted by Crippen LogP contribution is 2.45. The Balaban J connectivity index is 2.03. The maximum absolute atomic E-state index is 11.6. The monoisotopic (exact) mass is 166 g/mol. The second kappa shape index (κ2) is 2.10.